The Morgan fingerprint density at radius 1 is 1.32 bits per heavy atom. The maximum Gasteiger partial charge on any atom is 0.195 e. The summed E-state index contributed by atoms with van der Waals surface area (Å²) in [6.45, 7) is 11.4. The Morgan fingerprint density at radius 3 is 2.77 bits per heavy atom. The third-order valence-corrected chi connectivity index (χ3v) is 6.83. The highest BCUT2D eigenvalue weighted by atomic mass is 32.2. The molecule has 3 aliphatic rings. The fourth-order valence-electron chi connectivity index (χ4n) is 3.65. The van der Waals surface area contributed by atoms with Crippen LogP contribution in [0.5, 0.6) is 0 Å². The van der Waals surface area contributed by atoms with Crippen LogP contribution in [0, 0.1) is 11.3 Å². The molecular weight excluding hydrogens is 283 g/mol. The van der Waals surface area contributed by atoms with E-state index in [1.807, 2.05) is 0 Å². The molecule has 0 aromatic rings. The zero-order chi connectivity index (χ0) is 15.8. The van der Waals surface area contributed by atoms with E-state index in [0.717, 1.165) is 0 Å². The molecule has 1 aliphatic heterocycles. The molecule has 3 atom stereocenters. The van der Waals surface area contributed by atoms with Crippen molar-refractivity contribution < 1.29 is 0 Å². The SMILES string of the molecule is C=C1[B]C(=C2CC2)SC1(C)CC1C=CCC(C)(CCC)C=C1. The Kier molecular flexibility index (Phi) is 4.51. The van der Waals surface area contributed by atoms with E-state index in [2.05, 4.69) is 70.7 Å². The lowest BCUT2D eigenvalue weighted by Crippen LogP contribution is -2.22. The molecule has 3 unspecified atom stereocenters. The zero-order valence-electron chi connectivity index (χ0n) is 14.3. The maximum atomic E-state index is 4.36. The average molecular weight is 311 g/mol. The summed E-state index contributed by atoms with van der Waals surface area (Å²) in [7, 11) is 2.35. The first-order valence-electron chi connectivity index (χ1n) is 8.75. The molecule has 0 bridgehead atoms. The van der Waals surface area contributed by atoms with Crippen LogP contribution in [-0.4, -0.2) is 12.0 Å². The van der Waals surface area contributed by atoms with Crippen LogP contribution in [0.1, 0.15) is 59.3 Å². The highest BCUT2D eigenvalue weighted by Crippen LogP contribution is 2.52. The summed E-state index contributed by atoms with van der Waals surface area (Å²) in [4.78, 5) is 1.52. The smallest absolute Gasteiger partial charge is 0.131 e. The van der Waals surface area contributed by atoms with E-state index in [-0.39, 0.29) is 4.75 Å². The number of thioether (sulfide) groups is 1. The van der Waals surface area contributed by atoms with Gasteiger partial charge in [0.05, 0.1) is 0 Å². The fraction of sp³-hybridized carbons (Fsp3) is 0.600. The number of rotatable bonds is 4. The molecule has 1 saturated carbocycles. The highest BCUT2D eigenvalue weighted by Gasteiger charge is 2.40. The van der Waals surface area contributed by atoms with Crippen molar-refractivity contribution in [1.82, 2.24) is 0 Å². The number of hydrogen-bond donors (Lipinski definition) is 0. The summed E-state index contributed by atoms with van der Waals surface area (Å²) < 4.78 is 0.176. The molecule has 2 aliphatic carbocycles. The van der Waals surface area contributed by atoms with Crippen LogP contribution in [0.25, 0.3) is 0 Å². The van der Waals surface area contributed by atoms with Gasteiger partial charge in [-0.1, -0.05) is 60.4 Å². The van der Waals surface area contributed by atoms with E-state index in [9.17, 15) is 0 Å². The van der Waals surface area contributed by atoms with Crippen LogP contribution < -0.4 is 0 Å². The quantitative estimate of drug-likeness (QED) is 0.450. The monoisotopic (exact) mass is 311 g/mol. The zero-order valence-corrected chi connectivity index (χ0v) is 15.1. The summed E-state index contributed by atoms with van der Waals surface area (Å²) in [6, 6.07) is 0. The molecule has 22 heavy (non-hydrogen) atoms. The van der Waals surface area contributed by atoms with Crippen molar-refractivity contribution in [2.24, 2.45) is 11.3 Å². The largest absolute Gasteiger partial charge is 0.195 e. The first-order chi connectivity index (χ1) is 10.4. The van der Waals surface area contributed by atoms with Gasteiger partial charge >= 0.3 is 0 Å². The van der Waals surface area contributed by atoms with Gasteiger partial charge in [-0.15, -0.1) is 18.3 Å². The molecule has 0 aromatic heterocycles. The molecule has 2 fully saturated rings. The lowest BCUT2D eigenvalue weighted by atomic mass is 9.64. The van der Waals surface area contributed by atoms with Gasteiger partial charge in [0.15, 0.2) is 7.28 Å². The molecule has 0 nitrogen and oxygen atoms in total. The second-order valence-electron chi connectivity index (χ2n) is 7.73. The predicted octanol–water partition coefficient (Wildman–Crippen LogP) is 6.04. The normalized spacial score (nSPS) is 37.4. The van der Waals surface area contributed by atoms with Crippen molar-refractivity contribution in [2.45, 2.75) is 64.0 Å². The summed E-state index contributed by atoms with van der Waals surface area (Å²) in [6.07, 6.45) is 17.3. The summed E-state index contributed by atoms with van der Waals surface area (Å²) in [5.41, 5.74) is 3.32. The minimum Gasteiger partial charge on any atom is -0.131 e. The van der Waals surface area contributed by atoms with Crippen molar-refractivity contribution in [3.05, 3.63) is 46.7 Å². The van der Waals surface area contributed by atoms with Gasteiger partial charge in [0.1, 0.15) is 0 Å². The van der Waals surface area contributed by atoms with Crippen LogP contribution in [0.4, 0.5) is 0 Å². The van der Waals surface area contributed by atoms with E-state index < -0.39 is 0 Å². The third kappa shape index (κ3) is 3.48. The van der Waals surface area contributed by atoms with E-state index in [1.165, 1.54) is 48.8 Å². The van der Waals surface area contributed by atoms with E-state index in [0.29, 0.717) is 11.3 Å². The van der Waals surface area contributed by atoms with Crippen molar-refractivity contribution in [3.8, 4) is 0 Å². The van der Waals surface area contributed by atoms with Gasteiger partial charge in [-0.25, -0.2) is 0 Å². The minimum atomic E-state index is 0.176. The Bertz CT molecular complexity index is 550. The van der Waals surface area contributed by atoms with Crippen LogP contribution in [-0.2, 0) is 0 Å². The van der Waals surface area contributed by atoms with Gasteiger partial charge in [-0.05, 0) is 50.4 Å². The molecule has 0 aromatic carbocycles. The molecule has 117 valence electrons. The summed E-state index contributed by atoms with van der Waals surface area (Å²) in [5.74, 6) is 0.546. The first-order valence-corrected chi connectivity index (χ1v) is 9.57. The van der Waals surface area contributed by atoms with Gasteiger partial charge in [0, 0.05) is 4.75 Å². The van der Waals surface area contributed by atoms with Crippen LogP contribution in [0.2, 0.25) is 0 Å². The Balaban J connectivity index is 1.70. The molecular formula is C20H28BS. The minimum absolute atomic E-state index is 0.176. The number of allylic oxidation sites excluding steroid dienone is 5. The lowest BCUT2D eigenvalue weighted by molar-refractivity contribution is 0.392. The standard InChI is InChI=1S/C20H28BS/c1-5-11-19(3)12-6-7-16(10-13-19)14-20(4)15(2)21-18(22-20)17-8-9-17/h6-7,10,13,16H,2,5,8-9,11-12,14H2,1,3-4H3. The van der Waals surface area contributed by atoms with Crippen molar-refractivity contribution in [2.75, 3.05) is 0 Å². The van der Waals surface area contributed by atoms with Crippen molar-refractivity contribution in [3.63, 3.8) is 0 Å². The van der Waals surface area contributed by atoms with Crippen molar-refractivity contribution >= 4 is 19.0 Å². The second-order valence-corrected chi connectivity index (χ2v) is 9.28. The molecule has 0 spiro atoms. The van der Waals surface area contributed by atoms with Gasteiger partial charge < -0.3 is 0 Å². The molecule has 0 amide bonds. The van der Waals surface area contributed by atoms with Gasteiger partial charge in [0.2, 0.25) is 0 Å². The molecule has 1 radical (unpaired) electrons. The Morgan fingerprint density at radius 2 is 2.09 bits per heavy atom. The molecule has 0 N–H and O–H groups in total. The topological polar surface area (TPSA) is 0 Å². The molecule has 2 heteroatoms. The van der Waals surface area contributed by atoms with E-state index in [4.69, 9.17) is 0 Å². The maximum absolute atomic E-state index is 4.36. The first kappa shape index (κ1) is 16.2. The van der Waals surface area contributed by atoms with Crippen LogP contribution in [0.15, 0.2) is 46.7 Å². The number of hydrogen-bond acceptors (Lipinski definition) is 1. The van der Waals surface area contributed by atoms with Gasteiger partial charge in [-0.3, -0.25) is 0 Å². The molecule has 1 saturated heterocycles. The lowest BCUT2D eigenvalue weighted by Gasteiger charge is -2.28. The average Bonchev–Trinajstić information content (AvgIpc) is 3.25. The Labute approximate surface area is 141 Å². The van der Waals surface area contributed by atoms with Crippen LogP contribution in [0.3, 0.4) is 0 Å². The van der Waals surface area contributed by atoms with E-state index in [1.54, 1.807) is 5.57 Å². The van der Waals surface area contributed by atoms with Crippen LogP contribution >= 0.6 is 11.8 Å². The summed E-state index contributed by atoms with van der Waals surface area (Å²) >= 11 is 2.06. The highest BCUT2D eigenvalue weighted by molar-refractivity contribution is 8.07. The van der Waals surface area contributed by atoms with E-state index >= 15 is 0 Å². The molecule has 1 heterocycles. The Hall–Kier alpha value is -0.625. The van der Waals surface area contributed by atoms with Crippen molar-refractivity contribution in [1.29, 1.82) is 0 Å². The summed E-state index contributed by atoms with van der Waals surface area (Å²) in [5, 5.41) is 0. The second kappa shape index (κ2) is 6.11. The predicted molar refractivity (Wildman–Crippen MR) is 101 cm³/mol. The van der Waals surface area contributed by atoms with Gasteiger partial charge in [-0.2, -0.15) is 0 Å². The molecule has 3 rings (SSSR count). The third-order valence-electron chi connectivity index (χ3n) is 5.33. The van der Waals surface area contributed by atoms with Gasteiger partial charge in [0.25, 0.3) is 0 Å². The fourth-order valence-corrected chi connectivity index (χ4v) is 5.15.